The molecule has 0 bridgehead atoms. The molecule has 0 aromatic heterocycles. The van der Waals surface area contributed by atoms with Gasteiger partial charge in [-0.3, -0.25) is 0 Å². The van der Waals surface area contributed by atoms with Crippen molar-refractivity contribution in [3.05, 3.63) is 370 Å². The molecule has 0 radical (unpaired) electrons. The van der Waals surface area contributed by atoms with Crippen LogP contribution >= 0.6 is 31.9 Å². The highest BCUT2D eigenvalue weighted by Crippen LogP contribution is 2.56. The van der Waals surface area contributed by atoms with Crippen LogP contribution in [0.2, 0.25) is 0 Å². The molecule has 0 aliphatic rings. The van der Waals surface area contributed by atoms with Gasteiger partial charge >= 0.3 is 0 Å². The van der Waals surface area contributed by atoms with E-state index >= 15 is 0 Å². The number of nitrogens with zero attached hydrogens (tertiary/aromatic N) is 4. The third-order valence-electron chi connectivity index (χ3n) is 25.8. The van der Waals surface area contributed by atoms with Crippen LogP contribution in [0.25, 0.3) is 76.8 Å². The maximum atomic E-state index is 3.93. The molecular formula is C120H124Br2N4. The second-order valence-electron chi connectivity index (χ2n) is 39.1. The molecule has 16 rings (SSSR count). The number of rotatable bonds is 30. The number of aryl methyl sites for hydroxylation is 2. The summed E-state index contributed by atoms with van der Waals surface area (Å²) in [6.07, 6.45) is 17.1. The van der Waals surface area contributed by atoms with E-state index < -0.39 is 0 Å². The Morgan fingerprint density at radius 3 is 0.571 bits per heavy atom. The molecule has 0 saturated heterocycles. The third kappa shape index (κ3) is 19.8. The summed E-state index contributed by atoms with van der Waals surface area (Å²) in [6, 6.07) is 126. The quantitative estimate of drug-likeness (QED) is 0.0329. The van der Waals surface area contributed by atoms with Gasteiger partial charge in [0, 0.05) is 86.8 Å². The van der Waals surface area contributed by atoms with E-state index in [0.29, 0.717) is 0 Å². The zero-order chi connectivity index (χ0) is 88.0. The first-order valence-corrected chi connectivity index (χ1v) is 47.9. The van der Waals surface area contributed by atoms with Crippen molar-refractivity contribution in [3.63, 3.8) is 0 Å². The van der Waals surface area contributed by atoms with Gasteiger partial charge in [0.15, 0.2) is 0 Å². The lowest BCUT2D eigenvalue weighted by atomic mass is 9.86. The summed E-state index contributed by atoms with van der Waals surface area (Å²) in [4.78, 5) is 10.2. The van der Waals surface area contributed by atoms with Gasteiger partial charge in [-0.2, -0.15) is 0 Å². The molecule has 0 heterocycles. The van der Waals surface area contributed by atoms with E-state index in [1.165, 1.54) is 133 Å². The predicted molar refractivity (Wildman–Crippen MR) is 555 cm³/mol. The molecule has 0 saturated carbocycles. The average Bonchev–Trinajstić information content (AvgIpc) is 0.698. The molecule has 16 aromatic rings. The Balaban J connectivity index is 1.00. The molecule has 0 N–H and O–H groups in total. The summed E-state index contributed by atoms with van der Waals surface area (Å²) < 4.78 is 2.04. The second kappa shape index (κ2) is 38.1. The Labute approximate surface area is 769 Å². The van der Waals surface area contributed by atoms with Crippen LogP contribution in [0, 0.1) is 0 Å². The van der Waals surface area contributed by atoms with Gasteiger partial charge in [0.05, 0.1) is 22.7 Å². The molecule has 126 heavy (non-hydrogen) atoms. The second-order valence-corrected chi connectivity index (χ2v) is 40.9. The summed E-state index contributed by atoms with van der Waals surface area (Å²) in [5, 5.41) is 6.81. The molecule has 16 aromatic carbocycles. The van der Waals surface area contributed by atoms with Gasteiger partial charge in [0.2, 0.25) is 0 Å². The smallest absolute Gasteiger partial charge is 0.0561 e. The number of benzene rings is 16. The van der Waals surface area contributed by atoms with Crippen molar-refractivity contribution in [2.24, 2.45) is 0 Å². The van der Waals surface area contributed by atoms with Crippen molar-refractivity contribution < 1.29 is 0 Å². The predicted octanol–water partition coefficient (Wildman–Crippen LogP) is 37.7. The summed E-state index contributed by atoms with van der Waals surface area (Å²) in [5.41, 5.74) is 30.1. The molecule has 638 valence electrons. The molecule has 0 amide bonds. The molecule has 4 nitrogen and oxygen atoms in total. The van der Waals surface area contributed by atoms with Crippen molar-refractivity contribution in [3.8, 4) is 44.5 Å². The van der Waals surface area contributed by atoms with E-state index in [2.05, 4.69) is 476 Å². The number of hydrogen-bond acceptors (Lipinski definition) is 4. The highest BCUT2D eigenvalue weighted by atomic mass is 79.9. The Morgan fingerprint density at radius 1 is 0.198 bits per heavy atom. The molecule has 0 aliphatic carbocycles. The van der Waals surface area contributed by atoms with Crippen LogP contribution < -0.4 is 19.6 Å². The molecule has 0 atom stereocenters. The lowest BCUT2D eigenvalue weighted by Gasteiger charge is -2.34. The summed E-state index contributed by atoms with van der Waals surface area (Å²) >= 11 is 7.86. The molecule has 0 spiro atoms. The van der Waals surface area contributed by atoms with Gasteiger partial charge < -0.3 is 19.6 Å². The number of anilines is 12. The fraction of sp³-hybridized carbons (Fsp3) is 0.267. The topological polar surface area (TPSA) is 13.0 Å². The summed E-state index contributed by atoms with van der Waals surface area (Å²) in [5.74, 6) is 0. The van der Waals surface area contributed by atoms with E-state index in [1.807, 2.05) is 0 Å². The van der Waals surface area contributed by atoms with Crippen molar-refractivity contribution in [1.29, 1.82) is 0 Å². The van der Waals surface area contributed by atoms with Crippen LogP contribution in [0.1, 0.15) is 207 Å². The summed E-state index contributed by atoms with van der Waals surface area (Å²) in [7, 11) is 0. The molecule has 6 heteroatoms. The Kier molecular flexibility index (Phi) is 26.7. The average molecular weight is 1780 g/mol. The Hall–Kier alpha value is -11.3. The fourth-order valence-corrected chi connectivity index (χ4v) is 18.8. The van der Waals surface area contributed by atoms with Crippen molar-refractivity contribution in [2.45, 2.75) is 208 Å². The van der Waals surface area contributed by atoms with Crippen LogP contribution in [-0.2, 0) is 34.5 Å². The molecule has 0 fully saturated rings. The van der Waals surface area contributed by atoms with Gasteiger partial charge in [-0.1, -0.05) is 387 Å². The molecule has 0 aliphatic heterocycles. The summed E-state index contributed by atoms with van der Waals surface area (Å²) in [6.45, 7) is 32.1. The van der Waals surface area contributed by atoms with Crippen LogP contribution in [0.3, 0.4) is 0 Å². The Morgan fingerprint density at radius 2 is 0.373 bits per heavy atom. The van der Waals surface area contributed by atoms with Crippen molar-refractivity contribution in [1.82, 2.24) is 0 Å². The van der Waals surface area contributed by atoms with Gasteiger partial charge in [0.25, 0.3) is 0 Å². The van der Waals surface area contributed by atoms with Crippen LogP contribution in [0.5, 0.6) is 0 Å². The largest absolute Gasteiger partial charge is 0.310 e. The highest BCUT2D eigenvalue weighted by Gasteiger charge is 2.31. The van der Waals surface area contributed by atoms with Gasteiger partial charge in [-0.05, 0) is 259 Å². The maximum Gasteiger partial charge on any atom is 0.0561 e. The van der Waals surface area contributed by atoms with Crippen LogP contribution in [0.4, 0.5) is 68.2 Å². The SMILES string of the molecule is CCCCCCCCc1ccc(N(c2ccc(Br)cc2)c2cc(N(c3ccc(-c4ccc(C(C)(C)C)cc4)cc3)c3ccc(-c4ccc(C(C)(C)C)cc4)cc3)c3ccc4c(N(c5ccc(Br)cc5)c5ccc(CCCCCCCC)cc5)cc(N(c5ccc(-c6ccc(C(C)(C)C)cc6)cc5)c5ccc(-c6ccc(C(C)(C)C)cc6)cc5)c5ccc2c3c45)cc1. The van der Waals surface area contributed by atoms with E-state index in [-0.39, 0.29) is 21.7 Å². The molecule has 0 unspecified atom stereocenters. The standard InChI is InChI=1S/C120H124Br2N4/c1-15-17-19-21-23-25-27-83-29-61-99(62-30-83)123(105-73-57-97(121)58-74-105)111-81-113(125(101-65-41-89(42-66-101)85-33-49-93(50-34-85)117(3,4)5)102-67-43-90(44-68-102)86-35-51-94(52-36-86)118(6,7)8)109-80-78-108-112(124(106-75-59-98(122)60-76-106)100-63-31-84(32-64-100)28-26-24-22-20-18-16-2)82-114(110-79-77-107(111)115(109)116(108)110)126(103-69-45-91(46-70-103)87-37-53-95(54-38-87)119(9,10)11)104-71-47-92(48-72-104)88-39-55-96(56-40-88)120(12,13)14/h29-82H,15-28H2,1-14H3. The zero-order valence-electron chi connectivity index (χ0n) is 76.6. The van der Waals surface area contributed by atoms with Crippen LogP contribution in [0.15, 0.2) is 337 Å². The first-order valence-electron chi connectivity index (χ1n) is 46.3. The van der Waals surface area contributed by atoms with Crippen molar-refractivity contribution >= 4 is 132 Å². The maximum absolute atomic E-state index is 3.93. The normalized spacial score (nSPS) is 12.1. The van der Waals surface area contributed by atoms with E-state index in [1.54, 1.807) is 0 Å². The first kappa shape index (κ1) is 88.2. The monoisotopic (exact) mass is 1780 g/mol. The van der Waals surface area contributed by atoms with Gasteiger partial charge in [-0.15, -0.1) is 0 Å². The Bertz CT molecular complexity index is 5710. The highest BCUT2D eigenvalue weighted by molar-refractivity contribution is 9.10. The van der Waals surface area contributed by atoms with E-state index in [9.17, 15) is 0 Å². The first-order chi connectivity index (χ1) is 60.7. The number of unbranched alkanes of at least 4 members (excludes halogenated alkanes) is 10. The van der Waals surface area contributed by atoms with Crippen molar-refractivity contribution in [2.75, 3.05) is 19.6 Å². The minimum absolute atomic E-state index is 0.0246. The van der Waals surface area contributed by atoms with Crippen LogP contribution in [-0.4, -0.2) is 0 Å². The minimum Gasteiger partial charge on any atom is -0.310 e. The van der Waals surface area contributed by atoms with E-state index in [4.69, 9.17) is 0 Å². The zero-order valence-corrected chi connectivity index (χ0v) is 79.8. The van der Waals surface area contributed by atoms with Gasteiger partial charge in [-0.25, -0.2) is 0 Å². The number of hydrogen-bond donors (Lipinski definition) is 0. The number of halogens is 2. The molecular weight excluding hydrogens is 1660 g/mol. The fourth-order valence-electron chi connectivity index (χ4n) is 18.3. The van der Waals surface area contributed by atoms with Gasteiger partial charge in [0.1, 0.15) is 0 Å². The minimum atomic E-state index is 0.0246. The van der Waals surface area contributed by atoms with E-state index in [0.717, 1.165) is 145 Å². The lowest BCUT2D eigenvalue weighted by Crippen LogP contribution is -2.16. The third-order valence-corrected chi connectivity index (χ3v) is 26.9. The lowest BCUT2D eigenvalue weighted by molar-refractivity contribution is 0.590.